The van der Waals surface area contributed by atoms with E-state index in [4.69, 9.17) is 0 Å². The zero-order valence-electron chi connectivity index (χ0n) is 13.7. The molecule has 1 amide bonds. The number of rotatable bonds is 6. The van der Waals surface area contributed by atoms with Crippen LogP contribution >= 0.6 is 0 Å². The minimum Gasteiger partial charge on any atom is -0.352 e. The van der Waals surface area contributed by atoms with Crippen molar-refractivity contribution >= 4 is 22.9 Å². The van der Waals surface area contributed by atoms with E-state index in [1.165, 1.54) is 18.5 Å². The van der Waals surface area contributed by atoms with Gasteiger partial charge in [0.05, 0.1) is 0 Å². The summed E-state index contributed by atoms with van der Waals surface area (Å²) in [6.45, 7) is -2.39. The lowest BCUT2D eigenvalue weighted by atomic mass is 10.1. The van der Waals surface area contributed by atoms with Crippen LogP contribution in [-0.2, 0) is 18.3 Å². The molecule has 7 heteroatoms. The molecule has 25 heavy (non-hydrogen) atoms. The lowest BCUT2D eigenvalue weighted by molar-refractivity contribution is -0.116. The number of alkyl halides is 2. The molecule has 0 fully saturated rings. The molecule has 3 aromatic rings. The number of fused-ring (bicyclic) bond motifs is 1. The van der Waals surface area contributed by atoms with Crippen molar-refractivity contribution in [1.82, 2.24) is 19.4 Å². The summed E-state index contributed by atoms with van der Waals surface area (Å²) in [4.78, 5) is 15.8. The first-order chi connectivity index (χ1) is 12.1. The molecule has 0 atom stereocenters. The van der Waals surface area contributed by atoms with E-state index < -0.39 is 6.55 Å². The average molecular weight is 344 g/mol. The molecule has 0 aliphatic heterocycles. The molecule has 0 spiro atoms. The van der Waals surface area contributed by atoms with Crippen LogP contribution in [-0.4, -0.2) is 26.6 Å². The van der Waals surface area contributed by atoms with Crippen LogP contribution in [0.1, 0.15) is 17.9 Å². The van der Waals surface area contributed by atoms with Crippen LogP contribution in [0.4, 0.5) is 8.78 Å². The molecule has 1 aromatic carbocycles. The summed E-state index contributed by atoms with van der Waals surface area (Å²) in [5, 5.41) is 3.74. The third kappa shape index (κ3) is 3.76. The molecule has 0 radical (unpaired) electrons. The number of nitrogens with zero attached hydrogens (tertiary/aromatic N) is 3. The monoisotopic (exact) mass is 344 g/mol. The van der Waals surface area contributed by atoms with Gasteiger partial charge in [-0.05, 0) is 12.1 Å². The summed E-state index contributed by atoms with van der Waals surface area (Å²) >= 11 is 0. The zero-order valence-corrected chi connectivity index (χ0v) is 13.7. The summed E-state index contributed by atoms with van der Waals surface area (Å²) in [7, 11) is 1.95. The number of carbonyl (C=O) groups is 1. The van der Waals surface area contributed by atoms with E-state index in [1.807, 2.05) is 42.1 Å². The van der Waals surface area contributed by atoms with Crippen LogP contribution in [0, 0.1) is 0 Å². The van der Waals surface area contributed by atoms with Gasteiger partial charge in [0.25, 0.3) is 0 Å². The van der Waals surface area contributed by atoms with Crippen LogP contribution in [0.25, 0.3) is 17.0 Å². The Kier molecular flexibility index (Phi) is 4.92. The van der Waals surface area contributed by atoms with Crippen LogP contribution < -0.4 is 5.32 Å². The Morgan fingerprint density at radius 3 is 2.96 bits per heavy atom. The second-order valence-corrected chi connectivity index (χ2v) is 5.62. The smallest absolute Gasteiger partial charge is 0.319 e. The SMILES string of the molecule is Cn1cc(/C=C/C(=O)NCCc2nccn2C(F)F)c2ccccc21. The van der Waals surface area contributed by atoms with E-state index in [2.05, 4.69) is 10.3 Å². The molecule has 0 aliphatic carbocycles. The highest BCUT2D eigenvalue weighted by atomic mass is 19.3. The number of imidazole rings is 1. The summed E-state index contributed by atoms with van der Waals surface area (Å²) in [5.74, 6) is -0.0311. The molecular weight excluding hydrogens is 326 g/mol. The second-order valence-electron chi connectivity index (χ2n) is 5.62. The molecule has 0 bridgehead atoms. The molecule has 3 rings (SSSR count). The number of hydrogen-bond donors (Lipinski definition) is 1. The van der Waals surface area contributed by atoms with Gasteiger partial charge in [-0.1, -0.05) is 18.2 Å². The fourth-order valence-electron chi connectivity index (χ4n) is 2.74. The van der Waals surface area contributed by atoms with Gasteiger partial charge >= 0.3 is 6.55 Å². The molecule has 5 nitrogen and oxygen atoms in total. The average Bonchev–Trinajstić information content (AvgIpc) is 3.18. The first-order valence-electron chi connectivity index (χ1n) is 7.86. The van der Waals surface area contributed by atoms with E-state index >= 15 is 0 Å². The highest BCUT2D eigenvalue weighted by Gasteiger charge is 2.11. The number of para-hydroxylation sites is 1. The summed E-state index contributed by atoms with van der Waals surface area (Å²) in [6, 6.07) is 7.92. The molecule has 0 saturated heterocycles. The largest absolute Gasteiger partial charge is 0.352 e. The van der Waals surface area contributed by atoms with E-state index in [0.717, 1.165) is 21.0 Å². The number of halogens is 2. The van der Waals surface area contributed by atoms with Crippen molar-refractivity contribution in [3.8, 4) is 0 Å². The number of benzene rings is 1. The highest BCUT2D eigenvalue weighted by Crippen LogP contribution is 2.21. The topological polar surface area (TPSA) is 51.9 Å². The Balaban J connectivity index is 1.59. The van der Waals surface area contributed by atoms with Crippen LogP contribution in [0.3, 0.4) is 0 Å². The predicted octanol–water partition coefficient (Wildman–Crippen LogP) is 3.14. The van der Waals surface area contributed by atoms with Gasteiger partial charge in [0, 0.05) is 61.1 Å². The minimum atomic E-state index is -2.63. The second kappa shape index (κ2) is 7.29. The van der Waals surface area contributed by atoms with Gasteiger partial charge in [-0.15, -0.1) is 0 Å². The number of carbonyl (C=O) groups excluding carboxylic acids is 1. The number of hydrogen-bond acceptors (Lipinski definition) is 2. The van der Waals surface area contributed by atoms with Crippen molar-refractivity contribution in [2.45, 2.75) is 13.0 Å². The van der Waals surface area contributed by atoms with Crippen molar-refractivity contribution in [3.63, 3.8) is 0 Å². The van der Waals surface area contributed by atoms with E-state index in [-0.39, 0.29) is 24.7 Å². The van der Waals surface area contributed by atoms with Gasteiger partial charge in [0.1, 0.15) is 5.82 Å². The third-order valence-corrected chi connectivity index (χ3v) is 3.95. The standard InChI is InChI=1S/C18H18F2N4O/c1-23-12-13(14-4-2-3-5-15(14)23)6-7-17(25)22-9-8-16-21-10-11-24(16)18(19)20/h2-7,10-12,18H,8-9H2,1H3,(H,22,25)/b7-6+. The lowest BCUT2D eigenvalue weighted by Crippen LogP contribution is -2.24. The van der Waals surface area contributed by atoms with Gasteiger partial charge in [0.2, 0.25) is 5.91 Å². The number of aryl methyl sites for hydroxylation is 1. The Bertz CT molecular complexity index is 911. The molecule has 0 aliphatic rings. The van der Waals surface area contributed by atoms with Gasteiger partial charge in [-0.3, -0.25) is 9.36 Å². The molecule has 2 heterocycles. The Morgan fingerprint density at radius 1 is 1.36 bits per heavy atom. The third-order valence-electron chi connectivity index (χ3n) is 3.95. The number of aromatic nitrogens is 3. The maximum absolute atomic E-state index is 12.7. The molecular formula is C18H18F2N4O. The number of amides is 1. The van der Waals surface area contributed by atoms with E-state index in [1.54, 1.807) is 6.08 Å². The van der Waals surface area contributed by atoms with Crippen molar-refractivity contribution in [2.24, 2.45) is 7.05 Å². The molecule has 2 aromatic heterocycles. The van der Waals surface area contributed by atoms with Gasteiger partial charge < -0.3 is 9.88 Å². The van der Waals surface area contributed by atoms with Gasteiger partial charge in [-0.25, -0.2) is 4.98 Å². The fourth-order valence-corrected chi connectivity index (χ4v) is 2.74. The normalized spacial score (nSPS) is 11.7. The predicted molar refractivity (Wildman–Crippen MR) is 92.1 cm³/mol. The Labute approximate surface area is 143 Å². The Hall–Kier alpha value is -2.96. The molecule has 130 valence electrons. The van der Waals surface area contributed by atoms with E-state index in [9.17, 15) is 13.6 Å². The first kappa shape index (κ1) is 16.9. The van der Waals surface area contributed by atoms with Crippen molar-refractivity contribution in [1.29, 1.82) is 0 Å². The van der Waals surface area contributed by atoms with Crippen LogP contribution in [0.2, 0.25) is 0 Å². The first-order valence-corrected chi connectivity index (χ1v) is 7.86. The van der Waals surface area contributed by atoms with Crippen molar-refractivity contribution in [2.75, 3.05) is 6.54 Å². The molecule has 0 saturated carbocycles. The summed E-state index contributed by atoms with van der Waals surface area (Å²) in [5.41, 5.74) is 2.03. The van der Waals surface area contributed by atoms with Crippen molar-refractivity contribution < 1.29 is 13.6 Å². The van der Waals surface area contributed by atoms with E-state index in [0.29, 0.717) is 0 Å². The van der Waals surface area contributed by atoms with Gasteiger partial charge in [0.15, 0.2) is 0 Å². The lowest BCUT2D eigenvalue weighted by Gasteiger charge is -2.06. The summed E-state index contributed by atoms with van der Waals surface area (Å²) in [6.07, 6.45) is 7.93. The molecule has 1 N–H and O–H groups in total. The van der Waals surface area contributed by atoms with Crippen LogP contribution in [0.5, 0.6) is 0 Å². The molecule has 0 unspecified atom stereocenters. The fraction of sp³-hybridized carbons (Fsp3) is 0.222. The quantitative estimate of drug-likeness (QED) is 0.699. The van der Waals surface area contributed by atoms with Gasteiger partial charge in [-0.2, -0.15) is 8.78 Å². The maximum atomic E-state index is 12.7. The highest BCUT2D eigenvalue weighted by molar-refractivity contribution is 5.96. The van der Waals surface area contributed by atoms with Crippen molar-refractivity contribution in [3.05, 3.63) is 60.3 Å². The van der Waals surface area contributed by atoms with Crippen LogP contribution in [0.15, 0.2) is 48.9 Å². The minimum absolute atomic E-state index is 0.239. The number of nitrogens with one attached hydrogen (secondary N) is 1. The maximum Gasteiger partial charge on any atom is 0.319 e. The summed E-state index contributed by atoms with van der Waals surface area (Å²) < 4.78 is 28.2. The zero-order chi connectivity index (χ0) is 17.8. The Morgan fingerprint density at radius 2 is 2.16 bits per heavy atom.